The van der Waals surface area contributed by atoms with E-state index in [1.54, 1.807) is 11.8 Å². The van der Waals surface area contributed by atoms with E-state index in [1.165, 1.54) is 5.56 Å². The lowest BCUT2D eigenvalue weighted by molar-refractivity contribution is 0.0455. The van der Waals surface area contributed by atoms with Crippen LogP contribution in [-0.2, 0) is 11.3 Å². The van der Waals surface area contributed by atoms with Gasteiger partial charge >= 0.3 is 0 Å². The van der Waals surface area contributed by atoms with Crippen molar-refractivity contribution in [3.63, 3.8) is 0 Å². The fraction of sp³-hybridized carbons (Fsp3) is 0.455. The number of hydrogen-bond donors (Lipinski definition) is 1. The molecule has 1 aromatic rings. The van der Waals surface area contributed by atoms with E-state index in [-0.39, 0.29) is 0 Å². The minimum Gasteiger partial charge on any atom is -0.379 e. The maximum atomic E-state index is 6.20. The highest BCUT2D eigenvalue weighted by Crippen LogP contribution is 2.33. The summed E-state index contributed by atoms with van der Waals surface area (Å²) in [5.74, 6) is 0. The molecule has 1 fully saturated rings. The molecule has 0 spiro atoms. The lowest BCUT2D eigenvalue weighted by Gasteiger charge is -2.25. The van der Waals surface area contributed by atoms with Crippen molar-refractivity contribution in [2.24, 2.45) is 0 Å². The van der Waals surface area contributed by atoms with Gasteiger partial charge in [0.1, 0.15) is 0 Å². The van der Waals surface area contributed by atoms with Gasteiger partial charge in [-0.25, -0.2) is 0 Å². The van der Waals surface area contributed by atoms with Crippen LogP contribution in [0.3, 0.4) is 0 Å². The van der Waals surface area contributed by atoms with Crippen LogP contribution in [0.4, 0.5) is 0 Å². The zero-order valence-corrected chi connectivity index (χ0v) is 10.2. The first-order valence-corrected chi connectivity index (χ1v) is 6.23. The normalized spacial score (nSPS) is 16.4. The van der Waals surface area contributed by atoms with Crippen LogP contribution in [0.2, 0.25) is 5.02 Å². The summed E-state index contributed by atoms with van der Waals surface area (Å²) in [5, 5.41) is 4.54. The molecule has 0 amide bonds. The van der Waals surface area contributed by atoms with Gasteiger partial charge in [-0.05, 0) is 24.7 Å². The topological polar surface area (TPSA) is 21.3 Å². The zero-order chi connectivity index (χ0) is 10.7. The number of hydrogen-bond acceptors (Lipinski definition) is 3. The Morgan fingerprint density at radius 2 is 2.33 bits per heavy atom. The molecule has 0 radical (unpaired) electrons. The van der Waals surface area contributed by atoms with Crippen molar-refractivity contribution < 1.29 is 4.74 Å². The SMILES string of the molecule is CNCc1ccc(SC2COC2)c(Cl)c1. The molecule has 1 aromatic carbocycles. The van der Waals surface area contributed by atoms with Crippen LogP contribution in [0.25, 0.3) is 0 Å². The molecule has 1 N–H and O–H groups in total. The predicted octanol–water partition coefficient (Wildman–Crippen LogP) is 2.55. The van der Waals surface area contributed by atoms with Crippen molar-refractivity contribution in [2.45, 2.75) is 16.7 Å². The highest BCUT2D eigenvalue weighted by atomic mass is 35.5. The Hall–Kier alpha value is -0.220. The molecule has 15 heavy (non-hydrogen) atoms. The number of thioether (sulfide) groups is 1. The first kappa shape index (κ1) is 11.3. The fourth-order valence-corrected chi connectivity index (χ4v) is 2.76. The van der Waals surface area contributed by atoms with Crippen LogP contribution >= 0.6 is 23.4 Å². The summed E-state index contributed by atoms with van der Waals surface area (Å²) in [4.78, 5) is 1.16. The quantitative estimate of drug-likeness (QED) is 0.878. The smallest absolute Gasteiger partial charge is 0.0611 e. The molecule has 4 heteroatoms. The Labute approximate surface area is 99.3 Å². The number of rotatable bonds is 4. The monoisotopic (exact) mass is 243 g/mol. The van der Waals surface area contributed by atoms with Gasteiger partial charge in [-0.1, -0.05) is 17.7 Å². The van der Waals surface area contributed by atoms with Crippen LogP contribution < -0.4 is 5.32 Å². The second kappa shape index (κ2) is 5.21. The average molecular weight is 244 g/mol. The van der Waals surface area contributed by atoms with E-state index < -0.39 is 0 Å². The van der Waals surface area contributed by atoms with Crippen LogP contribution in [0.1, 0.15) is 5.56 Å². The van der Waals surface area contributed by atoms with Gasteiger partial charge in [0.15, 0.2) is 0 Å². The van der Waals surface area contributed by atoms with E-state index in [0.29, 0.717) is 5.25 Å². The zero-order valence-electron chi connectivity index (χ0n) is 8.63. The van der Waals surface area contributed by atoms with E-state index >= 15 is 0 Å². The van der Waals surface area contributed by atoms with Gasteiger partial charge in [-0.2, -0.15) is 0 Å². The van der Waals surface area contributed by atoms with Gasteiger partial charge in [0.25, 0.3) is 0 Å². The molecule has 82 valence electrons. The molecule has 0 bridgehead atoms. The lowest BCUT2D eigenvalue weighted by atomic mass is 10.2. The van der Waals surface area contributed by atoms with Crippen molar-refractivity contribution in [3.05, 3.63) is 28.8 Å². The second-order valence-electron chi connectivity index (χ2n) is 3.57. The molecule has 1 saturated heterocycles. The van der Waals surface area contributed by atoms with Crippen LogP contribution in [0.15, 0.2) is 23.1 Å². The molecule has 1 aliphatic rings. The number of halogens is 1. The number of benzene rings is 1. The van der Waals surface area contributed by atoms with Crippen molar-refractivity contribution in [1.82, 2.24) is 5.32 Å². The molecule has 2 nitrogen and oxygen atoms in total. The van der Waals surface area contributed by atoms with Crippen molar-refractivity contribution in [3.8, 4) is 0 Å². The Balaban J connectivity index is 2.04. The molecule has 0 saturated carbocycles. The minimum atomic E-state index is 0.581. The van der Waals surface area contributed by atoms with Gasteiger partial charge in [0.2, 0.25) is 0 Å². The molecule has 1 aliphatic heterocycles. The Morgan fingerprint density at radius 3 is 2.87 bits per heavy atom. The fourth-order valence-electron chi connectivity index (χ4n) is 1.42. The van der Waals surface area contributed by atoms with Crippen LogP contribution in [0, 0.1) is 0 Å². The summed E-state index contributed by atoms with van der Waals surface area (Å²) in [6.45, 7) is 2.55. The van der Waals surface area contributed by atoms with Gasteiger partial charge in [0, 0.05) is 11.4 Å². The van der Waals surface area contributed by atoms with E-state index in [9.17, 15) is 0 Å². The molecule has 0 atom stereocenters. The predicted molar refractivity (Wildman–Crippen MR) is 64.7 cm³/mol. The molecule has 0 unspecified atom stereocenters. The third kappa shape index (κ3) is 2.88. The van der Waals surface area contributed by atoms with E-state index in [1.807, 2.05) is 13.1 Å². The third-order valence-electron chi connectivity index (χ3n) is 2.28. The van der Waals surface area contributed by atoms with Crippen LogP contribution in [-0.4, -0.2) is 25.5 Å². The number of nitrogens with one attached hydrogen (secondary N) is 1. The average Bonchev–Trinajstić information content (AvgIpc) is 2.14. The summed E-state index contributed by atoms with van der Waals surface area (Å²) < 4.78 is 5.14. The van der Waals surface area contributed by atoms with E-state index in [2.05, 4.69) is 17.4 Å². The summed E-state index contributed by atoms with van der Waals surface area (Å²) in [5.41, 5.74) is 1.22. The summed E-state index contributed by atoms with van der Waals surface area (Å²) >= 11 is 8.01. The molecular weight excluding hydrogens is 230 g/mol. The highest BCUT2D eigenvalue weighted by molar-refractivity contribution is 8.00. The van der Waals surface area contributed by atoms with Gasteiger partial charge in [-0.3, -0.25) is 0 Å². The van der Waals surface area contributed by atoms with Gasteiger partial charge in [0.05, 0.1) is 23.5 Å². The molecular formula is C11H14ClNOS. The standard InChI is InChI=1S/C11H14ClNOS/c1-13-5-8-2-3-11(10(12)4-8)15-9-6-14-7-9/h2-4,9,13H,5-7H2,1H3. The van der Waals surface area contributed by atoms with Crippen molar-refractivity contribution in [2.75, 3.05) is 20.3 Å². The van der Waals surface area contributed by atoms with Crippen molar-refractivity contribution in [1.29, 1.82) is 0 Å². The number of ether oxygens (including phenoxy) is 1. The maximum absolute atomic E-state index is 6.20. The Bertz CT molecular complexity index is 341. The largest absolute Gasteiger partial charge is 0.379 e. The van der Waals surface area contributed by atoms with Crippen LogP contribution in [0.5, 0.6) is 0 Å². The van der Waals surface area contributed by atoms with E-state index in [0.717, 1.165) is 29.7 Å². The third-order valence-corrected chi connectivity index (χ3v) is 3.92. The van der Waals surface area contributed by atoms with Crippen molar-refractivity contribution >= 4 is 23.4 Å². The lowest BCUT2D eigenvalue weighted by Crippen LogP contribution is -2.30. The summed E-state index contributed by atoms with van der Waals surface area (Å²) in [6, 6.07) is 6.24. The summed E-state index contributed by atoms with van der Waals surface area (Å²) in [7, 11) is 1.93. The maximum Gasteiger partial charge on any atom is 0.0611 e. The first-order chi connectivity index (χ1) is 7.29. The minimum absolute atomic E-state index is 0.581. The highest BCUT2D eigenvalue weighted by Gasteiger charge is 2.20. The molecule has 0 aliphatic carbocycles. The molecule has 0 aromatic heterocycles. The Morgan fingerprint density at radius 1 is 1.53 bits per heavy atom. The Kier molecular flexibility index (Phi) is 3.92. The first-order valence-electron chi connectivity index (χ1n) is 4.97. The van der Waals surface area contributed by atoms with Gasteiger partial charge < -0.3 is 10.1 Å². The van der Waals surface area contributed by atoms with E-state index in [4.69, 9.17) is 16.3 Å². The molecule has 1 heterocycles. The molecule has 2 rings (SSSR count). The van der Waals surface area contributed by atoms with Gasteiger partial charge in [-0.15, -0.1) is 11.8 Å². The second-order valence-corrected chi connectivity index (χ2v) is 5.32. The summed E-state index contributed by atoms with van der Waals surface area (Å²) in [6.07, 6.45) is 0.